The van der Waals surface area contributed by atoms with E-state index in [1.54, 1.807) is 29.6 Å². The first-order chi connectivity index (χ1) is 12.0. The highest BCUT2D eigenvalue weighted by atomic mass is 32.2. The van der Waals surface area contributed by atoms with Crippen LogP contribution in [0.2, 0.25) is 0 Å². The van der Waals surface area contributed by atoms with E-state index in [-0.39, 0.29) is 0 Å². The summed E-state index contributed by atoms with van der Waals surface area (Å²) in [5, 5.41) is 0.346. The number of sulfonamides is 1. The fourth-order valence-corrected chi connectivity index (χ4v) is 5.97. The first-order valence-electron chi connectivity index (χ1n) is 8.33. The molecule has 2 aromatic rings. The molecule has 0 N–H and O–H groups in total. The SMILES string of the molecule is COc1ccc(S(=O)(=O)N2CCSC(c3ccccc3)CC2)cc1C. The Morgan fingerprint density at radius 3 is 2.56 bits per heavy atom. The largest absolute Gasteiger partial charge is 0.496 e. The van der Waals surface area contributed by atoms with Crippen LogP contribution in [0, 0.1) is 6.92 Å². The summed E-state index contributed by atoms with van der Waals surface area (Å²) in [6.45, 7) is 2.95. The number of ether oxygens (including phenoxy) is 1. The van der Waals surface area contributed by atoms with Crippen LogP contribution in [-0.2, 0) is 10.0 Å². The Morgan fingerprint density at radius 2 is 1.88 bits per heavy atom. The molecule has 0 aliphatic carbocycles. The van der Waals surface area contributed by atoms with Crippen molar-refractivity contribution < 1.29 is 13.2 Å². The highest BCUT2D eigenvalue weighted by Gasteiger charge is 2.28. The first-order valence-corrected chi connectivity index (χ1v) is 10.8. The summed E-state index contributed by atoms with van der Waals surface area (Å²) in [6, 6.07) is 15.4. The Morgan fingerprint density at radius 1 is 1.12 bits per heavy atom. The topological polar surface area (TPSA) is 46.6 Å². The standard InChI is InChI=1S/C19H23NO3S2/c1-15-14-17(8-9-18(15)23-2)25(21,22)20-11-10-19(24-13-12-20)16-6-4-3-5-7-16/h3-9,14,19H,10-13H2,1-2H3. The molecular weight excluding hydrogens is 354 g/mol. The molecular formula is C19H23NO3S2. The van der Waals surface area contributed by atoms with Gasteiger partial charge in [-0.25, -0.2) is 8.42 Å². The van der Waals surface area contributed by atoms with Gasteiger partial charge < -0.3 is 4.74 Å². The zero-order valence-corrected chi connectivity index (χ0v) is 16.1. The van der Waals surface area contributed by atoms with Crippen LogP contribution >= 0.6 is 11.8 Å². The number of hydrogen-bond acceptors (Lipinski definition) is 4. The van der Waals surface area contributed by atoms with E-state index >= 15 is 0 Å². The molecule has 0 radical (unpaired) electrons. The van der Waals surface area contributed by atoms with Gasteiger partial charge in [-0.1, -0.05) is 30.3 Å². The Hall–Kier alpha value is -1.50. The second-order valence-corrected chi connectivity index (χ2v) is 9.34. The summed E-state index contributed by atoms with van der Waals surface area (Å²) in [5.74, 6) is 1.50. The summed E-state index contributed by atoms with van der Waals surface area (Å²) < 4.78 is 32.9. The van der Waals surface area contributed by atoms with Crippen LogP contribution in [-0.4, -0.2) is 38.7 Å². The maximum atomic E-state index is 13.0. The van der Waals surface area contributed by atoms with E-state index < -0.39 is 10.0 Å². The molecule has 25 heavy (non-hydrogen) atoms. The number of rotatable bonds is 4. The van der Waals surface area contributed by atoms with Crippen molar-refractivity contribution in [2.75, 3.05) is 26.0 Å². The normalized spacial score (nSPS) is 19.4. The predicted octanol–water partition coefficient (Wildman–Crippen LogP) is 3.87. The van der Waals surface area contributed by atoms with Gasteiger partial charge in [0.15, 0.2) is 0 Å². The fraction of sp³-hybridized carbons (Fsp3) is 0.368. The van der Waals surface area contributed by atoms with E-state index in [4.69, 9.17) is 4.74 Å². The van der Waals surface area contributed by atoms with Crippen LogP contribution in [0.25, 0.3) is 0 Å². The molecule has 1 atom stereocenters. The average molecular weight is 378 g/mol. The molecule has 1 aliphatic heterocycles. The van der Waals surface area contributed by atoms with Gasteiger partial charge in [-0.2, -0.15) is 16.1 Å². The minimum atomic E-state index is -3.47. The molecule has 0 bridgehead atoms. The molecule has 0 amide bonds. The van der Waals surface area contributed by atoms with Crippen molar-refractivity contribution in [2.24, 2.45) is 0 Å². The molecule has 4 nitrogen and oxygen atoms in total. The summed E-state index contributed by atoms with van der Waals surface area (Å²) in [5.41, 5.74) is 2.10. The number of benzene rings is 2. The van der Waals surface area contributed by atoms with Crippen molar-refractivity contribution in [3.8, 4) is 5.75 Å². The molecule has 3 rings (SSSR count). The van der Waals surface area contributed by atoms with Gasteiger partial charge in [-0.05, 0) is 42.7 Å². The summed E-state index contributed by atoms with van der Waals surface area (Å²) in [7, 11) is -1.88. The highest BCUT2D eigenvalue weighted by Crippen LogP contribution is 2.35. The van der Waals surface area contributed by atoms with Crippen molar-refractivity contribution in [1.29, 1.82) is 0 Å². The average Bonchev–Trinajstić information content (AvgIpc) is 2.89. The van der Waals surface area contributed by atoms with Gasteiger partial charge in [-0.15, -0.1) is 0 Å². The van der Waals surface area contributed by atoms with Gasteiger partial charge in [0.25, 0.3) is 0 Å². The Bertz CT molecular complexity index is 822. The van der Waals surface area contributed by atoms with Crippen LogP contribution in [0.1, 0.15) is 22.8 Å². The van der Waals surface area contributed by atoms with E-state index in [1.807, 2.05) is 36.9 Å². The zero-order valence-electron chi connectivity index (χ0n) is 14.5. The molecule has 1 unspecified atom stereocenters. The van der Waals surface area contributed by atoms with Gasteiger partial charge in [0.1, 0.15) is 5.75 Å². The Balaban J connectivity index is 1.78. The van der Waals surface area contributed by atoms with Crippen LogP contribution in [0.4, 0.5) is 0 Å². The lowest BCUT2D eigenvalue weighted by Gasteiger charge is -2.20. The maximum absolute atomic E-state index is 13.0. The highest BCUT2D eigenvalue weighted by molar-refractivity contribution is 7.99. The zero-order chi connectivity index (χ0) is 17.9. The quantitative estimate of drug-likeness (QED) is 0.811. The summed E-state index contributed by atoms with van der Waals surface area (Å²) in [4.78, 5) is 0.342. The van der Waals surface area contributed by atoms with E-state index in [2.05, 4.69) is 12.1 Å². The lowest BCUT2D eigenvalue weighted by Crippen LogP contribution is -2.33. The van der Waals surface area contributed by atoms with Gasteiger partial charge in [0, 0.05) is 24.1 Å². The molecule has 1 aliphatic rings. The number of nitrogens with zero attached hydrogens (tertiary/aromatic N) is 1. The number of hydrogen-bond donors (Lipinski definition) is 0. The van der Waals surface area contributed by atoms with Gasteiger partial charge in [0.2, 0.25) is 10.0 Å². The van der Waals surface area contributed by atoms with E-state index in [0.29, 0.717) is 29.0 Å². The molecule has 134 valence electrons. The minimum absolute atomic E-state index is 0.342. The first kappa shape index (κ1) is 18.3. The van der Waals surface area contributed by atoms with E-state index in [0.717, 1.165) is 17.7 Å². The third kappa shape index (κ3) is 4.02. The summed E-state index contributed by atoms with van der Waals surface area (Å²) >= 11 is 1.84. The van der Waals surface area contributed by atoms with Crippen LogP contribution in [0.3, 0.4) is 0 Å². The van der Waals surface area contributed by atoms with Crippen molar-refractivity contribution in [3.05, 3.63) is 59.7 Å². The number of aryl methyl sites for hydroxylation is 1. The van der Waals surface area contributed by atoms with Crippen molar-refractivity contribution in [1.82, 2.24) is 4.31 Å². The molecule has 1 saturated heterocycles. The van der Waals surface area contributed by atoms with Crippen LogP contribution in [0.5, 0.6) is 5.75 Å². The van der Waals surface area contributed by atoms with Crippen molar-refractivity contribution in [3.63, 3.8) is 0 Å². The Labute approximate surface area is 154 Å². The number of thioether (sulfide) groups is 1. The fourth-order valence-electron chi connectivity index (χ4n) is 3.08. The second-order valence-electron chi connectivity index (χ2n) is 6.09. The van der Waals surface area contributed by atoms with E-state index in [1.165, 1.54) is 5.56 Å². The molecule has 0 saturated carbocycles. The second kappa shape index (κ2) is 7.81. The summed E-state index contributed by atoms with van der Waals surface area (Å²) in [6.07, 6.45) is 0.822. The molecule has 1 fully saturated rings. The molecule has 6 heteroatoms. The maximum Gasteiger partial charge on any atom is 0.243 e. The predicted molar refractivity (Wildman–Crippen MR) is 103 cm³/mol. The van der Waals surface area contributed by atoms with Gasteiger partial charge in [-0.3, -0.25) is 0 Å². The van der Waals surface area contributed by atoms with Crippen LogP contribution < -0.4 is 4.74 Å². The molecule has 1 heterocycles. The van der Waals surface area contributed by atoms with Crippen molar-refractivity contribution in [2.45, 2.75) is 23.5 Å². The Kier molecular flexibility index (Phi) is 5.71. The third-order valence-electron chi connectivity index (χ3n) is 4.48. The van der Waals surface area contributed by atoms with E-state index in [9.17, 15) is 8.42 Å². The lowest BCUT2D eigenvalue weighted by molar-refractivity contribution is 0.410. The molecule has 0 spiro atoms. The lowest BCUT2D eigenvalue weighted by atomic mass is 10.1. The minimum Gasteiger partial charge on any atom is -0.496 e. The van der Waals surface area contributed by atoms with Gasteiger partial charge in [0.05, 0.1) is 12.0 Å². The third-order valence-corrected chi connectivity index (χ3v) is 7.70. The molecule has 2 aromatic carbocycles. The van der Waals surface area contributed by atoms with Crippen LogP contribution in [0.15, 0.2) is 53.4 Å². The number of methoxy groups -OCH3 is 1. The smallest absolute Gasteiger partial charge is 0.243 e. The monoisotopic (exact) mass is 377 g/mol. The van der Waals surface area contributed by atoms with Crippen molar-refractivity contribution >= 4 is 21.8 Å². The molecule has 0 aromatic heterocycles. The van der Waals surface area contributed by atoms with Gasteiger partial charge >= 0.3 is 0 Å².